The van der Waals surface area contributed by atoms with Crippen molar-refractivity contribution in [1.29, 1.82) is 0 Å². The van der Waals surface area contributed by atoms with Crippen molar-refractivity contribution in [3.63, 3.8) is 0 Å². The Bertz CT molecular complexity index is 240. The molecule has 1 aromatic rings. The van der Waals surface area contributed by atoms with Gasteiger partial charge in [0.15, 0.2) is 0 Å². The topological polar surface area (TPSA) is 38.1 Å². The van der Waals surface area contributed by atoms with Crippen LogP contribution in [0.1, 0.15) is 18.5 Å². The summed E-state index contributed by atoms with van der Waals surface area (Å²) in [6, 6.07) is 0.661. The van der Waals surface area contributed by atoms with Crippen LogP contribution in [0.2, 0.25) is 0 Å². The summed E-state index contributed by atoms with van der Waals surface area (Å²) in [4.78, 5) is 4.13. The predicted octanol–water partition coefficient (Wildman–Crippen LogP) is 1.80. The molecular weight excluding hydrogens is 140 g/mol. The average molecular weight is 152 g/mol. The van der Waals surface area contributed by atoms with E-state index in [4.69, 9.17) is 4.42 Å². The third-order valence-electron chi connectivity index (χ3n) is 1.86. The van der Waals surface area contributed by atoms with Crippen LogP contribution in [0.4, 0.5) is 6.01 Å². The van der Waals surface area contributed by atoms with Crippen molar-refractivity contribution in [3.05, 3.63) is 12.0 Å². The van der Waals surface area contributed by atoms with Crippen molar-refractivity contribution in [1.82, 2.24) is 4.98 Å². The van der Waals surface area contributed by atoms with E-state index in [0.29, 0.717) is 6.01 Å². The zero-order chi connectivity index (χ0) is 7.68. The summed E-state index contributed by atoms with van der Waals surface area (Å²) in [6.07, 6.45) is 4.37. The molecule has 11 heavy (non-hydrogen) atoms. The van der Waals surface area contributed by atoms with Crippen LogP contribution in [0, 0.1) is 12.8 Å². The number of nitrogens with one attached hydrogen (secondary N) is 1. The molecule has 0 amide bonds. The molecule has 1 heterocycles. The second-order valence-electron chi connectivity index (χ2n) is 3.12. The van der Waals surface area contributed by atoms with Gasteiger partial charge in [-0.1, -0.05) is 0 Å². The first-order chi connectivity index (χ1) is 5.34. The fraction of sp³-hybridized carbons (Fsp3) is 0.625. The Balaban J connectivity index is 1.85. The van der Waals surface area contributed by atoms with Crippen LogP contribution in [-0.2, 0) is 0 Å². The van der Waals surface area contributed by atoms with E-state index >= 15 is 0 Å². The monoisotopic (exact) mass is 152 g/mol. The summed E-state index contributed by atoms with van der Waals surface area (Å²) < 4.78 is 5.12. The summed E-state index contributed by atoms with van der Waals surface area (Å²) in [5.41, 5.74) is 0.934. The number of rotatable bonds is 3. The third kappa shape index (κ3) is 1.73. The van der Waals surface area contributed by atoms with Gasteiger partial charge in [0.05, 0.1) is 5.69 Å². The second kappa shape index (κ2) is 2.57. The van der Waals surface area contributed by atoms with E-state index in [1.54, 1.807) is 6.26 Å². The molecule has 1 aliphatic carbocycles. The predicted molar refractivity (Wildman–Crippen MR) is 42.5 cm³/mol. The second-order valence-corrected chi connectivity index (χ2v) is 3.12. The lowest BCUT2D eigenvalue weighted by Gasteiger charge is -1.96. The summed E-state index contributed by atoms with van der Waals surface area (Å²) in [6.45, 7) is 2.94. The quantitative estimate of drug-likeness (QED) is 0.717. The molecule has 3 heteroatoms. The van der Waals surface area contributed by atoms with Gasteiger partial charge in [-0.15, -0.1) is 0 Å². The van der Waals surface area contributed by atoms with E-state index < -0.39 is 0 Å². The molecule has 0 bridgehead atoms. The highest BCUT2D eigenvalue weighted by atomic mass is 16.4. The van der Waals surface area contributed by atoms with E-state index in [2.05, 4.69) is 10.3 Å². The molecule has 1 N–H and O–H groups in total. The number of aromatic nitrogens is 1. The molecule has 0 unspecified atom stereocenters. The van der Waals surface area contributed by atoms with Crippen LogP contribution in [0.25, 0.3) is 0 Å². The summed E-state index contributed by atoms with van der Waals surface area (Å²) >= 11 is 0. The standard InChI is InChI=1S/C8H12N2O/c1-6-5-11-8(10-6)9-4-7-2-3-7/h5,7H,2-4H2,1H3,(H,9,10). The van der Waals surface area contributed by atoms with Gasteiger partial charge in [0, 0.05) is 6.54 Å². The number of anilines is 1. The highest BCUT2D eigenvalue weighted by molar-refractivity contribution is 5.20. The Kier molecular flexibility index (Phi) is 1.56. The summed E-state index contributed by atoms with van der Waals surface area (Å²) in [5, 5.41) is 3.15. The smallest absolute Gasteiger partial charge is 0.294 e. The molecule has 3 nitrogen and oxygen atoms in total. The van der Waals surface area contributed by atoms with E-state index in [-0.39, 0.29) is 0 Å². The van der Waals surface area contributed by atoms with Gasteiger partial charge in [0.25, 0.3) is 6.01 Å². The molecule has 0 saturated heterocycles. The number of nitrogens with zero attached hydrogens (tertiary/aromatic N) is 1. The van der Waals surface area contributed by atoms with E-state index in [9.17, 15) is 0 Å². The van der Waals surface area contributed by atoms with Gasteiger partial charge in [0.1, 0.15) is 6.26 Å². The lowest BCUT2D eigenvalue weighted by Crippen LogP contribution is -2.02. The zero-order valence-corrected chi connectivity index (χ0v) is 6.63. The Morgan fingerprint density at radius 2 is 2.55 bits per heavy atom. The lowest BCUT2D eigenvalue weighted by atomic mass is 10.4. The Hall–Kier alpha value is -0.990. The largest absolute Gasteiger partial charge is 0.432 e. The maximum atomic E-state index is 5.12. The number of hydrogen-bond donors (Lipinski definition) is 1. The highest BCUT2D eigenvalue weighted by Crippen LogP contribution is 2.28. The van der Waals surface area contributed by atoms with Gasteiger partial charge in [0.2, 0.25) is 0 Å². The van der Waals surface area contributed by atoms with Crippen molar-refractivity contribution in [3.8, 4) is 0 Å². The average Bonchev–Trinajstić information content (AvgIpc) is 2.72. The third-order valence-corrected chi connectivity index (χ3v) is 1.86. The number of oxazole rings is 1. The van der Waals surface area contributed by atoms with Gasteiger partial charge in [-0.2, -0.15) is 4.98 Å². The minimum atomic E-state index is 0.661. The van der Waals surface area contributed by atoms with E-state index in [1.165, 1.54) is 12.8 Å². The first-order valence-corrected chi connectivity index (χ1v) is 4.00. The van der Waals surface area contributed by atoms with E-state index in [0.717, 1.165) is 18.2 Å². The minimum Gasteiger partial charge on any atom is -0.432 e. The van der Waals surface area contributed by atoms with Gasteiger partial charge in [-0.3, -0.25) is 0 Å². The van der Waals surface area contributed by atoms with Crippen molar-refractivity contribution in [2.45, 2.75) is 19.8 Å². The zero-order valence-electron chi connectivity index (χ0n) is 6.63. The van der Waals surface area contributed by atoms with Gasteiger partial charge >= 0.3 is 0 Å². The van der Waals surface area contributed by atoms with Crippen LogP contribution in [0.3, 0.4) is 0 Å². The number of hydrogen-bond acceptors (Lipinski definition) is 3. The fourth-order valence-electron chi connectivity index (χ4n) is 0.989. The molecule has 0 atom stereocenters. The minimum absolute atomic E-state index is 0.661. The van der Waals surface area contributed by atoms with Crippen LogP contribution in [-0.4, -0.2) is 11.5 Å². The molecule has 1 aliphatic rings. The first-order valence-electron chi connectivity index (χ1n) is 4.00. The van der Waals surface area contributed by atoms with Crippen LogP contribution in [0.5, 0.6) is 0 Å². The fourth-order valence-corrected chi connectivity index (χ4v) is 0.989. The Labute approximate surface area is 65.8 Å². The molecule has 1 fully saturated rings. The molecule has 1 saturated carbocycles. The van der Waals surface area contributed by atoms with Crippen LogP contribution in [0.15, 0.2) is 10.7 Å². The maximum Gasteiger partial charge on any atom is 0.294 e. The molecule has 2 rings (SSSR count). The van der Waals surface area contributed by atoms with Gasteiger partial charge < -0.3 is 9.73 Å². The summed E-state index contributed by atoms with van der Waals surface area (Å²) in [5.74, 6) is 0.863. The molecule has 0 aliphatic heterocycles. The highest BCUT2D eigenvalue weighted by Gasteiger charge is 2.21. The normalized spacial score (nSPS) is 16.8. The summed E-state index contributed by atoms with van der Waals surface area (Å²) in [7, 11) is 0. The van der Waals surface area contributed by atoms with Crippen LogP contribution >= 0.6 is 0 Å². The Morgan fingerprint density at radius 3 is 3.09 bits per heavy atom. The maximum absolute atomic E-state index is 5.12. The van der Waals surface area contributed by atoms with Crippen molar-refractivity contribution in [2.75, 3.05) is 11.9 Å². The van der Waals surface area contributed by atoms with Crippen molar-refractivity contribution in [2.24, 2.45) is 5.92 Å². The molecular formula is C8H12N2O. The van der Waals surface area contributed by atoms with Gasteiger partial charge in [-0.25, -0.2) is 0 Å². The van der Waals surface area contributed by atoms with E-state index in [1.807, 2.05) is 6.92 Å². The molecule has 0 aromatic carbocycles. The SMILES string of the molecule is Cc1coc(NCC2CC2)n1. The molecule has 1 aromatic heterocycles. The molecule has 0 spiro atoms. The molecule has 0 radical (unpaired) electrons. The first kappa shape index (κ1) is 6.70. The van der Waals surface area contributed by atoms with Crippen molar-refractivity contribution < 1.29 is 4.42 Å². The van der Waals surface area contributed by atoms with Crippen LogP contribution < -0.4 is 5.32 Å². The Morgan fingerprint density at radius 1 is 1.73 bits per heavy atom. The van der Waals surface area contributed by atoms with Crippen molar-refractivity contribution >= 4 is 6.01 Å². The van der Waals surface area contributed by atoms with Gasteiger partial charge in [-0.05, 0) is 25.7 Å². The number of aryl methyl sites for hydroxylation is 1. The molecule has 60 valence electrons. The lowest BCUT2D eigenvalue weighted by molar-refractivity contribution is 0.568.